The molecule has 2 aliphatic carbocycles. The zero-order chi connectivity index (χ0) is 16.0. The quantitative estimate of drug-likeness (QED) is 0.793. The van der Waals surface area contributed by atoms with E-state index >= 15 is 0 Å². The molecule has 116 valence electrons. The predicted octanol–water partition coefficient (Wildman–Crippen LogP) is 3.64. The Morgan fingerprint density at radius 2 is 1.57 bits per heavy atom. The minimum atomic E-state index is -0.772. The van der Waals surface area contributed by atoms with Crippen LogP contribution in [0.3, 0.4) is 0 Å². The highest BCUT2D eigenvalue weighted by atomic mass is 32.1. The Morgan fingerprint density at radius 1 is 0.826 bits per heavy atom. The molecule has 2 aromatic rings. The fourth-order valence-corrected chi connectivity index (χ4v) is 5.12. The molecule has 0 N–H and O–H groups in total. The highest BCUT2D eigenvalue weighted by Crippen LogP contribution is 2.48. The maximum absolute atomic E-state index is 12.2. The summed E-state index contributed by atoms with van der Waals surface area (Å²) in [6.07, 6.45) is 2.45. The SMILES string of the molecule is O=C1C(=O)C2CCCC(c3ccc(-c4ccccc4)s3)C2C1=O. The number of carbonyl (C=O) groups is 3. The molecule has 1 heterocycles. The second-order valence-electron chi connectivity index (χ2n) is 6.30. The molecule has 0 spiro atoms. The second kappa shape index (κ2) is 5.53. The third-order valence-corrected chi connectivity index (χ3v) is 6.30. The molecule has 0 bridgehead atoms. The minimum absolute atomic E-state index is 0.0131. The van der Waals surface area contributed by atoms with Gasteiger partial charge in [-0.2, -0.15) is 0 Å². The van der Waals surface area contributed by atoms with Crippen molar-refractivity contribution in [3.8, 4) is 10.4 Å². The molecule has 2 aliphatic rings. The number of fused-ring (bicyclic) bond motifs is 1. The molecule has 0 aliphatic heterocycles. The summed E-state index contributed by atoms with van der Waals surface area (Å²) in [6.45, 7) is 0. The van der Waals surface area contributed by atoms with Gasteiger partial charge < -0.3 is 0 Å². The highest BCUT2D eigenvalue weighted by molar-refractivity contribution is 7.15. The summed E-state index contributed by atoms with van der Waals surface area (Å²) in [5.41, 5.74) is 1.15. The van der Waals surface area contributed by atoms with Gasteiger partial charge in [-0.05, 0) is 30.5 Å². The normalized spacial score (nSPS) is 27.3. The van der Waals surface area contributed by atoms with Crippen molar-refractivity contribution in [3.63, 3.8) is 0 Å². The first-order valence-corrected chi connectivity index (χ1v) is 8.76. The molecule has 3 unspecified atom stereocenters. The Balaban J connectivity index is 1.68. The van der Waals surface area contributed by atoms with Gasteiger partial charge in [0.1, 0.15) is 0 Å². The van der Waals surface area contributed by atoms with Crippen molar-refractivity contribution in [1.29, 1.82) is 0 Å². The maximum Gasteiger partial charge on any atom is 0.264 e. The van der Waals surface area contributed by atoms with Crippen LogP contribution in [0, 0.1) is 11.8 Å². The Morgan fingerprint density at radius 3 is 2.35 bits per heavy atom. The van der Waals surface area contributed by atoms with Gasteiger partial charge in [0.05, 0.1) is 0 Å². The first-order chi connectivity index (χ1) is 11.2. The summed E-state index contributed by atoms with van der Waals surface area (Å²) in [5, 5.41) is 0. The van der Waals surface area contributed by atoms with Crippen LogP contribution in [0.4, 0.5) is 0 Å². The van der Waals surface area contributed by atoms with Crippen LogP contribution < -0.4 is 0 Å². The zero-order valence-electron chi connectivity index (χ0n) is 12.5. The molecule has 23 heavy (non-hydrogen) atoms. The topological polar surface area (TPSA) is 51.2 Å². The van der Waals surface area contributed by atoms with Gasteiger partial charge in [-0.3, -0.25) is 14.4 Å². The molecule has 4 rings (SSSR count). The maximum atomic E-state index is 12.2. The summed E-state index contributed by atoms with van der Waals surface area (Å²) in [5.74, 6) is -2.48. The number of hydrogen-bond acceptors (Lipinski definition) is 4. The van der Waals surface area contributed by atoms with Gasteiger partial charge in [0.2, 0.25) is 11.6 Å². The summed E-state index contributed by atoms with van der Waals surface area (Å²) in [6, 6.07) is 14.2. The van der Waals surface area contributed by atoms with Crippen molar-refractivity contribution in [3.05, 3.63) is 47.3 Å². The number of carbonyl (C=O) groups excluding carboxylic acids is 3. The summed E-state index contributed by atoms with van der Waals surface area (Å²) in [7, 11) is 0. The van der Waals surface area contributed by atoms with E-state index in [1.165, 1.54) is 0 Å². The third kappa shape index (κ3) is 2.29. The number of thiophene rings is 1. The lowest BCUT2D eigenvalue weighted by Crippen LogP contribution is -2.28. The molecule has 3 nitrogen and oxygen atoms in total. The van der Waals surface area contributed by atoms with Gasteiger partial charge in [-0.15, -0.1) is 11.3 Å². The number of benzene rings is 1. The van der Waals surface area contributed by atoms with Crippen LogP contribution in [0.5, 0.6) is 0 Å². The van der Waals surface area contributed by atoms with E-state index in [0.29, 0.717) is 6.42 Å². The minimum Gasteiger partial charge on any atom is -0.290 e. The van der Waals surface area contributed by atoms with E-state index in [4.69, 9.17) is 0 Å². The summed E-state index contributed by atoms with van der Waals surface area (Å²) in [4.78, 5) is 38.3. The van der Waals surface area contributed by atoms with Crippen molar-refractivity contribution in [2.45, 2.75) is 25.2 Å². The van der Waals surface area contributed by atoms with Gasteiger partial charge in [0.25, 0.3) is 5.78 Å². The zero-order valence-corrected chi connectivity index (χ0v) is 13.3. The van der Waals surface area contributed by atoms with Crippen molar-refractivity contribution in [1.82, 2.24) is 0 Å². The van der Waals surface area contributed by atoms with E-state index in [0.717, 1.165) is 28.2 Å². The molecular formula is C19H16O3S. The highest BCUT2D eigenvalue weighted by Gasteiger charge is 2.53. The van der Waals surface area contributed by atoms with Gasteiger partial charge in [-0.1, -0.05) is 36.8 Å². The molecule has 2 fully saturated rings. The summed E-state index contributed by atoms with van der Waals surface area (Å²) < 4.78 is 0. The molecule has 4 heteroatoms. The lowest BCUT2D eigenvalue weighted by atomic mass is 9.72. The van der Waals surface area contributed by atoms with Gasteiger partial charge in [0.15, 0.2) is 0 Å². The van der Waals surface area contributed by atoms with Gasteiger partial charge in [0, 0.05) is 27.5 Å². The van der Waals surface area contributed by atoms with E-state index in [2.05, 4.69) is 24.3 Å². The van der Waals surface area contributed by atoms with Gasteiger partial charge in [-0.25, -0.2) is 0 Å². The van der Waals surface area contributed by atoms with E-state index in [-0.39, 0.29) is 11.8 Å². The fraction of sp³-hybridized carbons (Fsp3) is 0.316. The van der Waals surface area contributed by atoms with E-state index in [1.54, 1.807) is 11.3 Å². The standard InChI is InChI=1S/C19H16O3S/c20-17-13-8-4-7-12(16(13)18(21)19(17)22)15-10-9-14(23-15)11-5-2-1-3-6-11/h1-3,5-6,9-10,12-13,16H,4,7-8H2. The monoisotopic (exact) mass is 324 g/mol. The van der Waals surface area contributed by atoms with Crippen molar-refractivity contribution >= 4 is 28.7 Å². The van der Waals surface area contributed by atoms with Crippen molar-refractivity contribution in [2.75, 3.05) is 0 Å². The first kappa shape index (κ1) is 14.5. The first-order valence-electron chi connectivity index (χ1n) is 7.94. The summed E-state index contributed by atoms with van der Waals surface area (Å²) >= 11 is 1.67. The van der Waals surface area contributed by atoms with Crippen molar-refractivity contribution in [2.24, 2.45) is 11.8 Å². The molecule has 0 amide bonds. The molecule has 1 aromatic carbocycles. The van der Waals surface area contributed by atoms with Crippen LogP contribution in [-0.4, -0.2) is 17.3 Å². The Bertz CT molecular complexity index is 790. The van der Waals surface area contributed by atoms with Crippen LogP contribution in [0.25, 0.3) is 10.4 Å². The average molecular weight is 324 g/mol. The third-order valence-electron chi connectivity index (χ3n) is 5.03. The molecule has 0 radical (unpaired) electrons. The van der Waals surface area contributed by atoms with E-state index in [1.807, 2.05) is 18.2 Å². The molecule has 1 aromatic heterocycles. The Labute approximate surface area is 138 Å². The van der Waals surface area contributed by atoms with Crippen LogP contribution in [0.15, 0.2) is 42.5 Å². The second-order valence-corrected chi connectivity index (χ2v) is 7.41. The van der Waals surface area contributed by atoms with Crippen LogP contribution in [-0.2, 0) is 14.4 Å². The Hall–Kier alpha value is -2.07. The number of rotatable bonds is 2. The van der Waals surface area contributed by atoms with Gasteiger partial charge >= 0.3 is 0 Å². The largest absolute Gasteiger partial charge is 0.290 e. The van der Waals surface area contributed by atoms with Crippen LogP contribution >= 0.6 is 11.3 Å². The van der Waals surface area contributed by atoms with E-state index < -0.39 is 23.3 Å². The van der Waals surface area contributed by atoms with E-state index in [9.17, 15) is 14.4 Å². The average Bonchev–Trinajstić information content (AvgIpc) is 3.17. The van der Waals surface area contributed by atoms with Crippen LogP contribution in [0.2, 0.25) is 0 Å². The molecule has 2 saturated carbocycles. The van der Waals surface area contributed by atoms with Crippen LogP contribution in [0.1, 0.15) is 30.1 Å². The number of ketones is 3. The number of Topliss-reactive ketones (excluding diaryl/α,β-unsaturated/α-hetero) is 3. The lowest BCUT2D eigenvalue weighted by molar-refractivity contribution is -0.141. The molecule has 3 atom stereocenters. The molecule has 0 saturated heterocycles. The Kier molecular flexibility index (Phi) is 3.49. The lowest BCUT2D eigenvalue weighted by Gasteiger charge is -2.30. The molecular weight excluding hydrogens is 308 g/mol. The predicted molar refractivity (Wildman–Crippen MR) is 88.3 cm³/mol. The number of hydrogen-bond donors (Lipinski definition) is 0. The fourth-order valence-electron chi connectivity index (χ4n) is 3.93. The smallest absolute Gasteiger partial charge is 0.264 e. The van der Waals surface area contributed by atoms with Crippen molar-refractivity contribution < 1.29 is 14.4 Å².